The van der Waals surface area contributed by atoms with E-state index in [-0.39, 0.29) is 6.03 Å². The molecule has 2 N–H and O–H groups in total. The number of carbonyl (C=O) groups excluding carboxylic acids is 1. The predicted molar refractivity (Wildman–Crippen MR) is 86.6 cm³/mol. The van der Waals surface area contributed by atoms with E-state index in [4.69, 9.17) is 9.47 Å². The molecule has 0 aliphatic heterocycles. The fourth-order valence-electron chi connectivity index (χ4n) is 2.06. The Balaban J connectivity index is 1.97. The van der Waals surface area contributed by atoms with Gasteiger partial charge in [-0.05, 0) is 12.5 Å². The fourth-order valence-corrected chi connectivity index (χ4v) is 2.06. The molecule has 0 aliphatic rings. The third kappa shape index (κ3) is 4.41. The van der Waals surface area contributed by atoms with Gasteiger partial charge in [0.05, 0.1) is 14.2 Å². The number of urea groups is 1. The van der Waals surface area contributed by atoms with Crippen LogP contribution in [0.2, 0.25) is 0 Å². The maximum absolute atomic E-state index is 12.0. The van der Waals surface area contributed by atoms with Crippen LogP contribution in [0, 0.1) is 6.92 Å². The second-order valence-electron chi connectivity index (χ2n) is 4.90. The van der Waals surface area contributed by atoms with Crippen LogP contribution >= 0.6 is 0 Å². The zero-order valence-electron chi connectivity index (χ0n) is 13.0. The lowest BCUT2D eigenvalue weighted by Gasteiger charge is -2.11. The zero-order chi connectivity index (χ0) is 15.9. The van der Waals surface area contributed by atoms with E-state index < -0.39 is 0 Å². The summed E-state index contributed by atoms with van der Waals surface area (Å²) in [5.74, 6) is 1.24. The highest BCUT2D eigenvalue weighted by molar-refractivity contribution is 5.89. The maximum Gasteiger partial charge on any atom is 0.319 e. The maximum atomic E-state index is 12.0. The summed E-state index contributed by atoms with van der Waals surface area (Å²) in [6.07, 6.45) is 0. The number of hydrogen-bond donors (Lipinski definition) is 2. The minimum atomic E-state index is -0.281. The van der Waals surface area contributed by atoms with Gasteiger partial charge >= 0.3 is 6.03 Å². The highest BCUT2D eigenvalue weighted by atomic mass is 16.5. The number of methoxy groups -OCH3 is 2. The fraction of sp³-hybridized carbons (Fsp3) is 0.235. The molecule has 0 saturated heterocycles. The summed E-state index contributed by atoms with van der Waals surface area (Å²) in [4.78, 5) is 12.0. The number of benzene rings is 2. The van der Waals surface area contributed by atoms with E-state index >= 15 is 0 Å². The van der Waals surface area contributed by atoms with Crippen molar-refractivity contribution in [1.82, 2.24) is 5.32 Å². The van der Waals surface area contributed by atoms with Gasteiger partial charge in [0.25, 0.3) is 0 Å². The molecule has 0 heterocycles. The molecule has 0 aliphatic carbocycles. The highest BCUT2D eigenvalue weighted by Crippen LogP contribution is 2.25. The second-order valence-corrected chi connectivity index (χ2v) is 4.90. The van der Waals surface area contributed by atoms with Crippen molar-refractivity contribution in [2.75, 3.05) is 19.5 Å². The first-order chi connectivity index (χ1) is 10.6. The molecule has 0 unspecified atom stereocenters. The van der Waals surface area contributed by atoms with Crippen LogP contribution in [0.3, 0.4) is 0 Å². The largest absolute Gasteiger partial charge is 0.497 e. The van der Waals surface area contributed by atoms with Crippen molar-refractivity contribution in [1.29, 1.82) is 0 Å². The first-order valence-electron chi connectivity index (χ1n) is 6.94. The minimum Gasteiger partial charge on any atom is -0.497 e. The van der Waals surface area contributed by atoms with E-state index in [0.717, 1.165) is 11.1 Å². The molecule has 0 fully saturated rings. The standard InChI is InChI=1S/C17H20N2O3/c1-12-5-4-6-13(7-12)11-18-17(20)19-14-8-15(21-2)10-16(9-14)22-3/h4-10H,11H2,1-3H3,(H2,18,19,20). The number of anilines is 1. The monoisotopic (exact) mass is 300 g/mol. The van der Waals surface area contributed by atoms with Gasteiger partial charge in [0.1, 0.15) is 11.5 Å². The molecule has 2 rings (SSSR count). The van der Waals surface area contributed by atoms with Gasteiger partial charge in [0, 0.05) is 30.4 Å². The summed E-state index contributed by atoms with van der Waals surface area (Å²) in [7, 11) is 3.13. The Kier molecular flexibility index (Phi) is 5.25. The molecule has 5 nitrogen and oxygen atoms in total. The number of nitrogens with one attached hydrogen (secondary N) is 2. The molecule has 0 radical (unpaired) electrons. The van der Waals surface area contributed by atoms with Gasteiger partial charge in [-0.15, -0.1) is 0 Å². The first-order valence-corrected chi connectivity index (χ1v) is 6.94. The quantitative estimate of drug-likeness (QED) is 0.890. The summed E-state index contributed by atoms with van der Waals surface area (Å²) in [6.45, 7) is 2.49. The van der Waals surface area contributed by atoms with Crippen LogP contribution in [0.4, 0.5) is 10.5 Å². The number of amides is 2. The predicted octanol–water partition coefficient (Wildman–Crippen LogP) is 3.33. The van der Waals surface area contributed by atoms with Gasteiger partial charge in [0.15, 0.2) is 0 Å². The smallest absolute Gasteiger partial charge is 0.319 e. The lowest BCUT2D eigenvalue weighted by molar-refractivity contribution is 0.251. The SMILES string of the molecule is COc1cc(NC(=O)NCc2cccc(C)c2)cc(OC)c1. The third-order valence-electron chi connectivity index (χ3n) is 3.14. The summed E-state index contributed by atoms with van der Waals surface area (Å²) in [5, 5.41) is 5.58. The molecular formula is C17H20N2O3. The Morgan fingerprint density at radius 2 is 1.73 bits per heavy atom. The Bertz CT molecular complexity index is 634. The van der Waals surface area contributed by atoms with Crippen LogP contribution in [0.1, 0.15) is 11.1 Å². The van der Waals surface area contributed by atoms with Crippen molar-refractivity contribution in [3.8, 4) is 11.5 Å². The number of aryl methyl sites for hydroxylation is 1. The molecule has 2 aromatic carbocycles. The number of ether oxygens (including phenoxy) is 2. The van der Waals surface area contributed by atoms with Crippen molar-refractivity contribution >= 4 is 11.7 Å². The average molecular weight is 300 g/mol. The lowest BCUT2D eigenvalue weighted by atomic mass is 10.1. The molecule has 5 heteroatoms. The number of carbonyl (C=O) groups is 1. The molecular weight excluding hydrogens is 280 g/mol. The van der Waals surface area contributed by atoms with Crippen molar-refractivity contribution < 1.29 is 14.3 Å². The Morgan fingerprint density at radius 3 is 2.32 bits per heavy atom. The Morgan fingerprint density at radius 1 is 1.05 bits per heavy atom. The van der Waals surface area contributed by atoms with E-state index in [1.54, 1.807) is 32.4 Å². The molecule has 0 atom stereocenters. The second kappa shape index (κ2) is 7.36. The van der Waals surface area contributed by atoms with Gasteiger partial charge in [-0.25, -0.2) is 4.79 Å². The van der Waals surface area contributed by atoms with Crippen molar-refractivity contribution in [2.45, 2.75) is 13.5 Å². The molecule has 0 saturated carbocycles. The summed E-state index contributed by atoms with van der Waals surface area (Å²) < 4.78 is 10.3. The van der Waals surface area contributed by atoms with E-state index in [9.17, 15) is 4.79 Å². The van der Waals surface area contributed by atoms with E-state index in [0.29, 0.717) is 23.7 Å². The van der Waals surface area contributed by atoms with Crippen LogP contribution in [-0.2, 0) is 6.54 Å². The van der Waals surface area contributed by atoms with Crippen LogP contribution in [0.5, 0.6) is 11.5 Å². The van der Waals surface area contributed by atoms with Gasteiger partial charge < -0.3 is 20.1 Å². The topological polar surface area (TPSA) is 59.6 Å². The normalized spacial score (nSPS) is 9.95. The van der Waals surface area contributed by atoms with Gasteiger partial charge in [0.2, 0.25) is 0 Å². The van der Waals surface area contributed by atoms with E-state index in [2.05, 4.69) is 10.6 Å². The lowest BCUT2D eigenvalue weighted by Crippen LogP contribution is -2.28. The van der Waals surface area contributed by atoms with Crippen LogP contribution in [0.25, 0.3) is 0 Å². The zero-order valence-corrected chi connectivity index (χ0v) is 13.0. The minimum absolute atomic E-state index is 0.281. The number of rotatable bonds is 5. The van der Waals surface area contributed by atoms with Gasteiger partial charge in [-0.1, -0.05) is 29.8 Å². The Hall–Kier alpha value is -2.69. The van der Waals surface area contributed by atoms with Crippen molar-refractivity contribution in [3.63, 3.8) is 0 Å². The van der Waals surface area contributed by atoms with Crippen LogP contribution in [0.15, 0.2) is 42.5 Å². The van der Waals surface area contributed by atoms with E-state index in [1.807, 2.05) is 31.2 Å². The molecule has 2 aromatic rings. The Labute approximate surface area is 130 Å². The van der Waals surface area contributed by atoms with Gasteiger partial charge in [-0.3, -0.25) is 0 Å². The average Bonchev–Trinajstić information content (AvgIpc) is 2.52. The summed E-state index contributed by atoms with van der Waals surface area (Å²) in [6, 6.07) is 12.9. The summed E-state index contributed by atoms with van der Waals surface area (Å²) >= 11 is 0. The van der Waals surface area contributed by atoms with Crippen LogP contribution in [-0.4, -0.2) is 20.3 Å². The van der Waals surface area contributed by atoms with Gasteiger partial charge in [-0.2, -0.15) is 0 Å². The first kappa shape index (κ1) is 15.7. The molecule has 22 heavy (non-hydrogen) atoms. The molecule has 116 valence electrons. The molecule has 0 bridgehead atoms. The van der Waals surface area contributed by atoms with Crippen molar-refractivity contribution in [2.24, 2.45) is 0 Å². The highest BCUT2D eigenvalue weighted by Gasteiger charge is 2.06. The molecule has 0 aromatic heterocycles. The van der Waals surface area contributed by atoms with Crippen LogP contribution < -0.4 is 20.1 Å². The summed E-state index contributed by atoms with van der Waals surface area (Å²) in [5.41, 5.74) is 2.83. The number of hydrogen-bond acceptors (Lipinski definition) is 3. The van der Waals surface area contributed by atoms with E-state index in [1.165, 1.54) is 0 Å². The molecule has 0 spiro atoms. The molecule has 2 amide bonds. The third-order valence-corrected chi connectivity index (χ3v) is 3.14. The van der Waals surface area contributed by atoms with Crippen molar-refractivity contribution in [3.05, 3.63) is 53.6 Å².